The largest absolute Gasteiger partial charge is 0.369 e. The lowest BCUT2D eigenvalue weighted by Gasteiger charge is -2.46. The van der Waals surface area contributed by atoms with Crippen molar-refractivity contribution in [2.45, 2.75) is 26.3 Å². The van der Waals surface area contributed by atoms with Gasteiger partial charge in [-0.3, -0.25) is 9.69 Å². The Hall–Kier alpha value is -1.91. The Labute approximate surface area is 112 Å². The van der Waals surface area contributed by atoms with Crippen molar-refractivity contribution in [1.29, 1.82) is 0 Å². The average Bonchev–Trinajstić information content (AvgIpc) is 2.35. The summed E-state index contributed by atoms with van der Waals surface area (Å²) in [7, 11) is 1.57. The number of benzene rings is 1. The fourth-order valence-electron chi connectivity index (χ4n) is 2.43. The van der Waals surface area contributed by atoms with Crippen LogP contribution in [-0.4, -0.2) is 23.8 Å². The molecule has 1 aromatic carbocycles. The number of halogens is 1. The van der Waals surface area contributed by atoms with Crippen LogP contribution < -0.4 is 5.73 Å². The normalized spacial score (nSPS) is 26.3. The first-order valence-corrected chi connectivity index (χ1v) is 6.10. The summed E-state index contributed by atoms with van der Waals surface area (Å²) in [4.78, 5) is 18.1. The minimum Gasteiger partial charge on any atom is -0.369 e. The van der Waals surface area contributed by atoms with Crippen LogP contribution in [0.15, 0.2) is 29.3 Å². The van der Waals surface area contributed by atoms with E-state index < -0.39 is 11.0 Å². The van der Waals surface area contributed by atoms with E-state index in [0.29, 0.717) is 5.56 Å². The average molecular weight is 263 g/mol. The second-order valence-electron chi connectivity index (χ2n) is 5.51. The van der Waals surface area contributed by atoms with Crippen LogP contribution in [0.4, 0.5) is 4.39 Å². The molecule has 19 heavy (non-hydrogen) atoms. The Bertz CT molecular complexity index is 568. The van der Waals surface area contributed by atoms with Crippen LogP contribution >= 0.6 is 0 Å². The molecule has 0 bridgehead atoms. The van der Waals surface area contributed by atoms with Gasteiger partial charge in [-0.25, -0.2) is 9.38 Å². The van der Waals surface area contributed by atoms with Crippen molar-refractivity contribution in [3.8, 4) is 0 Å². The van der Waals surface area contributed by atoms with Gasteiger partial charge in [0, 0.05) is 12.6 Å². The maximum absolute atomic E-state index is 14.1. The molecule has 0 aromatic heterocycles. The molecule has 0 fully saturated rings. The van der Waals surface area contributed by atoms with Gasteiger partial charge in [0.05, 0.1) is 5.41 Å². The zero-order chi connectivity index (χ0) is 14.4. The zero-order valence-corrected chi connectivity index (χ0v) is 11.6. The molecule has 0 saturated heterocycles. The van der Waals surface area contributed by atoms with Crippen LogP contribution in [0.1, 0.15) is 26.3 Å². The molecule has 102 valence electrons. The standard InChI is InChI=1S/C14H18FN3O/c1-13(2)11(19)18(4)12(16)17-14(13,3)9-7-5-6-8-10(9)15/h5-8H,1-4H3,(H2,16,17)/t14-/m1/s1. The molecule has 4 nitrogen and oxygen atoms in total. The van der Waals surface area contributed by atoms with E-state index in [1.165, 1.54) is 11.0 Å². The molecule has 1 aliphatic heterocycles. The number of hydrogen-bond donors (Lipinski definition) is 1. The van der Waals surface area contributed by atoms with Crippen molar-refractivity contribution in [2.75, 3.05) is 7.05 Å². The van der Waals surface area contributed by atoms with Crippen molar-refractivity contribution < 1.29 is 9.18 Å². The Morgan fingerprint density at radius 3 is 2.42 bits per heavy atom. The number of hydrogen-bond acceptors (Lipinski definition) is 3. The highest BCUT2D eigenvalue weighted by Crippen LogP contribution is 2.46. The first kappa shape index (κ1) is 13.5. The molecule has 1 aliphatic rings. The van der Waals surface area contributed by atoms with Crippen molar-refractivity contribution in [1.82, 2.24) is 4.90 Å². The van der Waals surface area contributed by atoms with E-state index in [4.69, 9.17) is 5.73 Å². The van der Waals surface area contributed by atoms with Crippen molar-refractivity contribution >= 4 is 11.9 Å². The summed E-state index contributed by atoms with van der Waals surface area (Å²) in [6.45, 7) is 5.26. The van der Waals surface area contributed by atoms with Crippen LogP contribution in [0.3, 0.4) is 0 Å². The monoisotopic (exact) mass is 263 g/mol. The summed E-state index contributed by atoms with van der Waals surface area (Å²) in [6.07, 6.45) is 0. The van der Waals surface area contributed by atoms with E-state index in [2.05, 4.69) is 4.99 Å². The van der Waals surface area contributed by atoms with Crippen LogP contribution in [0.2, 0.25) is 0 Å². The maximum atomic E-state index is 14.1. The first-order chi connectivity index (χ1) is 8.72. The highest BCUT2D eigenvalue weighted by molar-refractivity contribution is 6.01. The minimum atomic E-state index is -1.02. The van der Waals surface area contributed by atoms with Crippen LogP contribution in [0.25, 0.3) is 0 Å². The van der Waals surface area contributed by atoms with Crippen molar-refractivity contribution in [3.05, 3.63) is 35.6 Å². The summed E-state index contributed by atoms with van der Waals surface area (Å²) in [5.41, 5.74) is 4.26. The van der Waals surface area contributed by atoms with E-state index >= 15 is 0 Å². The molecule has 0 spiro atoms. The molecule has 0 saturated carbocycles. The highest BCUT2D eigenvalue weighted by Gasteiger charge is 2.53. The number of amides is 1. The molecule has 0 radical (unpaired) electrons. The van der Waals surface area contributed by atoms with E-state index in [-0.39, 0.29) is 17.7 Å². The van der Waals surface area contributed by atoms with Gasteiger partial charge in [0.15, 0.2) is 5.96 Å². The Morgan fingerprint density at radius 2 is 1.84 bits per heavy atom. The maximum Gasteiger partial charge on any atom is 0.237 e. The fourth-order valence-corrected chi connectivity index (χ4v) is 2.43. The summed E-state index contributed by atoms with van der Waals surface area (Å²) < 4.78 is 14.1. The SMILES string of the molecule is CN1C(=O)C(C)(C)[C@@](C)(c2ccccc2F)N=C1N. The van der Waals surface area contributed by atoms with E-state index in [1.807, 2.05) is 0 Å². The molecular formula is C14H18FN3O. The highest BCUT2D eigenvalue weighted by atomic mass is 19.1. The van der Waals surface area contributed by atoms with Crippen LogP contribution in [0.5, 0.6) is 0 Å². The molecule has 1 aromatic rings. The number of nitrogens with two attached hydrogens (primary N) is 1. The summed E-state index contributed by atoms with van der Waals surface area (Å²) >= 11 is 0. The third kappa shape index (κ3) is 1.72. The van der Waals surface area contributed by atoms with Crippen LogP contribution in [-0.2, 0) is 10.3 Å². The first-order valence-electron chi connectivity index (χ1n) is 6.10. The molecule has 5 heteroatoms. The summed E-state index contributed by atoms with van der Waals surface area (Å²) in [5.74, 6) is -0.451. The molecule has 2 N–H and O–H groups in total. The topological polar surface area (TPSA) is 58.7 Å². The number of guanidine groups is 1. The molecule has 1 heterocycles. The fraction of sp³-hybridized carbons (Fsp3) is 0.429. The van der Waals surface area contributed by atoms with Crippen molar-refractivity contribution in [3.63, 3.8) is 0 Å². The molecule has 1 atom stereocenters. The predicted octanol–water partition coefficient (Wildman–Crippen LogP) is 1.85. The summed E-state index contributed by atoms with van der Waals surface area (Å²) in [5, 5.41) is 0. The van der Waals surface area contributed by atoms with Gasteiger partial charge in [0.1, 0.15) is 11.4 Å². The third-order valence-electron chi connectivity index (χ3n) is 4.14. The van der Waals surface area contributed by atoms with E-state index in [9.17, 15) is 9.18 Å². The van der Waals surface area contributed by atoms with Gasteiger partial charge in [-0.05, 0) is 26.8 Å². The van der Waals surface area contributed by atoms with Gasteiger partial charge < -0.3 is 5.73 Å². The van der Waals surface area contributed by atoms with Gasteiger partial charge in [-0.15, -0.1) is 0 Å². The summed E-state index contributed by atoms with van der Waals surface area (Å²) in [6, 6.07) is 6.35. The predicted molar refractivity (Wildman–Crippen MR) is 71.9 cm³/mol. The Kier molecular flexibility index (Phi) is 2.88. The second kappa shape index (κ2) is 4.05. The Balaban J connectivity index is 2.71. The number of nitrogens with zero attached hydrogens (tertiary/aromatic N) is 2. The van der Waals surface area contributed by atoms with Gasteiger partial charge >= 0.3 is 0 Å². The quantitative estimate of drug-likeness (QED) is 0.840. The van der Waals surface area contributed by atoms with Gasteiger partial charge in [-0.2, -0.15) is 0 Å². The van der Waals surface area contributed by atoms with E-state index in [1.54, 1.807) is 46.0 Å². The van der Waals surface area contributed by atoms with E-state index in [0.717, 1.165) is 0 Å². The molecule has 1 amide bonds. The smallest absolute Gasteiger partial charge is 0.237 e. The number of aliphatic imine (C=N–C) groups is 1. The molecule has 0 aliphatic carbocycles. The Morgan fingerprint density at radius 1 is 1.26 bits per heavy atom. The lowest BCUT2D eigenvalue weighted by molar-refractivity contribution is -0.140. The molecular weight excluding hydrogens is 245 g/mol. The lowest BCUT2D eigenvalue weighted by Crippen LogP contribution is -2.58. The van der Waals surface area contributed by atoms with Gasteiger partial charge in [0.2, 0.25) is 5.91 Å². The van der Waals surface area contributed by atoms with Gasteiger partial charge in [-0.1, -0.05) is 18.2 Å². The third-order valence-corrected chi connectivity index (χ3v) is 4.14. The molecule has 2 rings (SSSR count). The van der Waals surface area contributed by atoms with Gasteiger partial charge in [0.25, 0.3) is 0 Å². The second-order valence-corrected chi connectivity index (χ2v) is 5.51. The molecule has 0 unspecified atom stereocenters. The number of carbonyl (C=O) groups excluding carboxylic acids is 1. The number of rotatable bonds is 1. The van der Waals surface area contributed by atoms with Crippen molar-refractivity contribution in [2.24, 2.45) is 16.1 Å². The van der Waals surface area contributed by atoms with Crippen LogP contribution in [0, 0.1) is 11.2 Å². The lowest BCUT2D eigenvalue weighted by atomic mass is 9.67. The minimum absolute atomic E-state index is 0.107. The number of carbonyl (C=O) groups is 1. The zero-order valence-electron chi connectivity index (χ0n) is 11.6.